The van der Waals surface area contributed by atoms with Crippen LogP contribution in [0.2, 0.25) is 0 Å². The molecular weight excluding hydrogens is 100 g/mol. The van der Waals surface area contributed by atoms with Crippen LogP contribution in [0.15, 0.2) is 0 Å². The maximum absolute atomic E-state index is 5.75. The van der Waals surface area contributed by atoms with E-state index in [-0.39, 0.29) is 11.2 Å². The Morgan fingerprint density at radius 1 is 1.12 bits per heavy atom. The Bertz CT molecular complexity index is 85.1. The van der Waals surface area contributed by atoms with Gasteiger partial charge < -0.3 is 4.74 Å². The Hall–Kier alpha value is -0.0400. The lowest BCUT2D eigenvalue weighted by atomic mass is 10.0. The van der Waals surface area contributed by atoms with Crippen molar-refractivity contribution < 1.29 is 6.11 Å². The van der Waals surface area contributed by atoms with Crippen LogP contribution in [0.4, 0.5) is 0 Å². The van der Waals surface area contributed by atoms with Gasteiger partial charge in [0.15, 0.2) is 0 Å². The highest BCUT2D eigenvalue weighted by Gasteiger charge is 2.55. The number of rotatable bonds is 0. The molecule has 0 saturated carbocycles. The summed E-state index contributed by atoms with van der Waals surface area (Å²) >= 11 is 0. The van der Waals surface area contributed by atoms with E-state index in [1.165, 1.54) is 7.40 Å². The molecule has 1 aliphatic heterocycles. The quantitative estimate of drug-likeness (QED) is 0.444. The number of epoxide rings is 1. The summed E-state index contributed by atoms with van der Waals surface area (Å²) in [5.74, 6) is 0. The predicted octanol–water partition coefficient (Wildman–Crippen LogP) is 2.21. The maximum Gasteiger partial charge on any atom is 0.0918 e. The topological polar surface area (TPSA) is 12.5 Å². The molecule has 1 fully saturated rings. The molecule has 1 nitrogen and oxygen atoms in total. The van der Waals surface area contributed by atoms with Gasteiger partial charge in [-0.15, -0.1) is 0 Å². The second kappa shape index (κ2) is 1.47. The van der Waals surface area contributed by atoms with Gasteiger partial charge in [-0.3, -0.25) is 0 Å². The van der Waals surface area contributed by atoms with Crippen molar-refractivity contribution in [2.24, 2.45) is 0 Å². The van der Waals surface area contributed by atoms with E-state index in [4.69, 9.17) is 6.11 Å². The van der Waals surface area contributed by atoms with Gasteiger partial charge in [0.25, 0.3) is 0 Å². The van der Waals surface area contributed by atoms with E-state index in [1.54, 1.807) is 0 Å². The predicted molar refractivity (Wildman–Crippen MR) is 36.0 cm³/mol. The molecule has 0 amide bonds. The van der Waals surface area contributed by atoms with Crippen molar-refractivity contribution in [3.05, 3.63) is 0 Å². The fourth-order valence-corrected chi connectivity index (χ4v) is 0.612. The van der Waals surface area contributed by atoms with Crippen molar-refractivity contribution in [1.82, 2.24) is 0 Å². The van der Waals surface area contributed by atoms with Gasteiger partial charge in [-0.2, -0.15) is 0 Å². The number of hydrogen-bond acceptors (Lipinski definition) is 1. The molecule has 0 spiro atoms. The third kappa shape index (κ3) is 0.873. The lowest BCUT2D eigenvalue weighted by molar-refractivity contribution is 0.296. The summed E-state index contributed by atoms with van der Waals surface area (Å²) in [7, 11) is 1.25. The lowest BCUT2D eigenvalue weighted by Gasteiger charge is -1.95. The summed E-state index contributed by atoms with van der Waals surface area (Å²) in [4.78, 5) is 0. The maximum atomic E-state index is 5.75. The van der Waals surface area contributed by atoms with Gasteiger partial charge in [0, 0.05) is 1.37 Å². The molecule has 1 aliphatic rings. The van der Waals surface area contributed by atoms with E-state index in [9.17, 15) is 0 Å². The van der Waals surface area contributed by atoms with Crippen LogP contribution in [-0.2, 0) is 4.74 Å². The molecular formula is C7H16O. The third-order valence-corrected chi connectivity index (χ3v) is 1.92. The van der Waals surface area contributed by atoms with E-state index in [0.29, 0.717) is 0 Å². The van der Waals surface area contributed by atoms with Gasteiger partial charge in [0.2, 0.25) is 0 Å². The summed E-state index contributed by atoms with van der Waals surface area (Å²) in [5, 5.41) is 0. The summed E-state index contributed by atoms with van der Waals surface area (Å²) in [6, 6.07) is 0. The largest absolute Gasteiger partial charge is 0.364 e. The Morgan fingerprint density at radius 2 is 1.25 bits per heavy atom. The average Bonchev–Trinajstić information content (AvgIpc) is 2.10. The molecule has 0 aromatic rings. The summed E-state index contributed by atoms with van der Waals surface area (Å²) < 4.78 is 11.0. The zero-order chi connectivity index (χ0) is 7.71. The van der Waals surface area contributed by atoms with Gasteiger partial charge in [-0.1, -0.05) is 7.40 Å². The van der Waals surface area contributed by atoms with Crippen LogP contribution in [0, 0.1) is 0 Å². The summed E-state index contributed by atoms with van der Waals surface area (Å²) in [6.07, 6.45) is 0. The lowest BCUT2D eigenvalue weighted by Crippen LogP contribution is -2.10. The molecule has 1 saturated heterocycles. The summed E-state index contributed by atoms with van der Waals surface area (Å²) in [6.45, 7) is 8.42. The van der Waals surface area contributed by atoms with Crippen molar-refractivity contribution in [2.75, 3.05) is 0 Å². The van der Waals surface area contributed by atoms with Crippen molar-refractivity contribution >= 4 is 0 Å². The highest BCUT2D eigenvalue weighted by molar-refractivity contribution is 5.03. The molecule has 0 aliphatic carbocycles. The first-order valence-electron chi connectivity index (χ1n) is 3.66. The molecule has 0 unspecified atom stereocenters. The Kier molecular flexibility index (Phi) is 1.12. The molecule has 1 rings (SSSR count). The third-order valence-electron chi connectivity index (χ3n) is 1.92. The first kappa shape index (κ1) is 6.09. The molecule has 0 bridgehead atoms. The van der Waals surface area contributed by atoms with Gasteiger partial charge in [0.1, 0.15) is 0 Å². The van der Waals surface area contributed by atoms with E-state index < -0.39 is 0 Å². The van der Waals surface area contributed by atoms with Gasteiger partial charge >= 0.3 is 0 Å². The molecule has 1 heteroatoms. The molecule has 0 aromatic carbocycles. The van der Waals surface area contributed by atoms with Gasteiger partial charge in [0.05, 0.1) is 11.2 Å². The zero-order valence-electron chi connectivity index (χ0n) is 7.41. The smallest absolute Gasteiger partial charge is 0.0918 e. The molecule has 1 heterocycles. The summed E-state index contributed by atoms with van der Waals surface area (Å²) in [5.41, 5.74) is 0.292. The molecule has 0 N–H and O–H groups in total. The van der Waals surface area contributed by atoms with Crippen LogP contribution >= 0.6 is 0 Å². The van der Waals surface area contributed by atoms with Gasteiger partial charge in [-0.05, 0) is 27.7 Å². The first-order chi connectivity index (χ1) is 3.96. The van der Waals surface area contributed by atoms with Crippen LogP contribution in [0.3, 0.4) is 0 Å². The van der Waals surface area contributed by atoms with Crippen molar-refractivity contribution in [3.8, 4) is 0 Å². The van der Waals surface area contributed by atoms with E-state index in [2.05, 4.69) is 27.7 Å². The monoisotopic (exact) mass is 118 g/mol. The van der Waals surface area contributed by atoms with Crippen molar-refractivity contribution in [3.63, 3.8) is 0 Å². The SMILES string of the molecule is CC1(C)OC1(C)C.[3H]C. The Morgan fingerprint density at radius 3 is 1.25 bits per heavy atom. The second-order valence-corrected chi connectivity index (χ2v) is 3.12. The highest BCUT2D eigenvalue weighted by Crippen LogP contribution is 2.46. The molecule has 50 valence electrons. The molecule has 0 aromatic heterocycles. The zero-order valence-corrected chi connectivity index (χ0v) is 6.41. The Labute approximate surface area is 53.4 Å². The van der Waals surface area contributed by atoms with Crippen LogP contribution < -0.4 is 0 Å². The van der Waals surface area contributed by atoms with Gasteiger partial charge in [-0.25, -0.2) is 0 Å². The van der Waals surface area contributed by atoms with E-state index in [0.717, 1.165) is 0 Å². The number of hydrogen-bond donors (Lipinski definition) is 0. The van der Waals surface area contributed by atoms with E-state index in [1.807, 2.05) is 0 Å². The molecule has 0 radical (unpaired) electrons. The Balaban J connectivity index is 0.000000291. The van der Waals surface area contributed by atoms with Crippen molar-refractivity contribution in [1.29, 1.82) is 0 Å². The minimum Gasteiger partial charge on any atom is -0.364 e. The molecule has 8 heavy (non-hydrogen) atoms. The minimum absolute atomic E-state index is 0.146. The second-order valence-electron chi connectivity index (χ2n) is 3.12. The van der Waals surface area contributed by atoms with Crippen LogP contribution in [0.1, 0.15) is 36.5 Å². The average molecular weight is 118 g/mol. The van der Waals surface area contributed by atoms with Crippen LogP contribution in [0.25, 0.3) is 0 Å². The number of ether oxygens (including phenoxy) is 1. The van der Waals surface area contributed by atoms with Crippen molar-refractivity contribution in [2.45, 2.75) is 46.3 Å². The van der Waals surface area contributed by atoms with Crippen LogP contribution in [-0.4, -0.2) is 11.2 Å². The fraction of sp³-hybridized carbons (Fsp3) is 1.00. The first-order valence-corrected chi connectivity index (χ1v) is 2.66. The minimum atomic E-state index is 0.146. The normalized spacial score (nSPS) is 29.4. The highest BCUT2D eigenvalue weighted by atomic mass is 16.6. The van der Waals surface area contributed by atoms with Crippen LogP contribution in [0.5, 0.6) is 0 Å². The standard InChI is InChI=1S/C6H12O.CH4/c1-5(2)6(3,4)7-5;/h1-4H3;1H4/i;1T. The van der Waals surface area contributed by atoms with E-state index >= 15 is 0 Å². The fourth-order valence-electron chi connectivity index (χ4n) is 0.612. The molecule has 0 atom stereocenters.